The van der Waals surface area contributed by atoms with Crippen molar-refractivity contribution in [3.05, 3.63) is 211 Å². The summed E-state index contributed by atoms with van der Waals surface area (Å²) in [5.74, 6) is -6.72. The summed E-state index contributed by atoms with van der Waals surface area (Å²) in [7, 11) is 0. The molecule has 0 aliphatic heterocycles. The number of hydrogen-bond donors (Lipinski definition) is 7. The lowest BCUT2D eigenvalue weighted by Crippen LogP contribution is -2.48. The fraction of sp³-hybridized carbons (Fsp3) is 0.179. The van der Waals surface area contributed by atoms with Crippen LogP contribution in [0.3, 0.4) is 0 Å². The first-order valence-electron chi connectivity index (χ1n) is 24.9. The SMILES string of the molecule is CC(=O)OCBr.CC(=O)OCOC(=O)[C@H](O)CN(Cc1ccc(-c2cc(Cl)ccc2F)cc1)NC(=O)c1nn(-c2ccccc2)c(=O)[nH]1.O=C(NN(Cc1ccc(-c2cc(Cl)ccc2F)cc1)C[C@@H](O)C(=O)O)c1nn(-c2ccccc2)c(=O)[nH]1. The fourth-order valence-electron chi connectivity index (χ4n) is 7.41. The average Bonchev–Trinajstić information content (AvgIpc) is 4.34. The summed E-state index contributed by atoms with van der Waals surface area (Å²) in [6.07, 6.45) is -3.57. The Bertz CT molecular complexity index is 3730. The normalized spacial score (nSPS) is 11.5. The second-order valence-electron chi connectivity index (χ2n) is 17.7. The molecule has 8 aromatic rings. The molecule has 0 aliphatic carbocycles. The largest absolute Gasteiger partial charge is 0.479 e. The first-order chi connectivity index (χ1) is 40.6. The first-order valence-corrected chi connectivity index (χ1v) is 26.7. The van der Waals surface area contributed by atoms with Crippen LogP contribution in [0.15, 0.2) is 155 Å². The van der Waals surface area contributed by atoms with Gasteiger partial charge < -0.3 is 29.5 Å². The summed E-state index contributed by atoms with van der Waals surface area (Å²) >= 11 is 14.9. The van der Waals surface area contributed by atoms with E-state index >= 15 is 0 Å². The van der Waals surface area contributed by atoms with Crippen LogP contribution in [-0.4, -0.2) is 128 Å². The maximum absolute atomic E-state index is 14.3. The number of carboxylic acid groups (broad SMARTS) is 1. The quantitative estimate of drug-likeness (QED) is 0.0185. The van der Waals surface area contributed by atoms with Crippen LogP contribution in [0.1, 0.15) is 46.2 Å². The number of aromatic nitrogens is 6. The number of aliphatic carboxylic acids is 1. The number of carbonyl (C=O) groups excluding carboxylic acids is 5. The Kier molecular flexibility index (Phi) is 24.0. The summed E-state index contributed by atoms with van der Waals surface area (Å²) in [5, 5.41) is 40.6. The summed E-state index contributed by atoms with van der Waals surface area (Å²) in [6, 6.07) is 38.5. The Morgan fingerprint density at radius 3 is 1.36 bits per heavy atom. The molecule has 0 fully saturated rings. The number of ether oxygens (including phenoxy) is 3. The van der Waals surface area contributed by atoms with E-state index in [1.165, 1.54) is 53.3 Å². The highest BCUT2D eigenvalue weighted by Crippen LogP contribution is 2.28. The number of hydrazine groups is 2. The van der Waals surface area contributed by atoms with E-state index in [9.17, 15) is 57.4 Å². The lowest BCUT2D eigenvalue weighted by atomic mass is 10.0. The Morgan fingerprint density at radius 2 is 1.00 bits per heavy atom. The van der Waals surface area contributed by atoms with Crippen LogP contribution in [0, 0.1) is 11.6 Å². The topological polar surface area (TPSA) is 323 Å². The molecule has 0 unspecified atom stereocenters. The molecule has 85 heavy (non-hydrogen) atoms. The number of carboxylic acids is 1. The number of aromatic amines is 2. The molecule has 6 aromatic carbocycles. The lowest BCUT2D eigenvalue weighted by molar-refractivity contribution is -0.173. The number of hydrogen-bond acceptors (Lipinski definition) is 17. The van der Waals surface area contributed by atoms with Crippen LogP contribution >= 0.6 is 39.1 Å². The van der Waals surface area contributed by atoms with E-state index in [2.05, 4.69) is 56.4 Å². The smallest absolute Gasteiger partial charge is 0.348 e. The van der Waals surface area contributed by atoms with Crippen molar-refractivity contribution in [2.24, 2.45) is 0 Å². The number of aliphatic hydroxyl groups excluding tert-OH is 2. The number of nitrogens with one attached hydrogen (secondary N) is 4. The molecule has 444 valence electrons. The van der Waals surface area contributed by atoms with Gasteiger partial charge in [0.05, 0.1) is 24.5 Å². The number of halogens is 5. The van der Waals surface area contributed by atoms with Crippen molar-refractivity contribution in [1.29, 1.82) is 0 Å². The first kappa shape index (κ1) is 64.9. The van der Waals surface area contributed by atoms with E-state index in [4.69, 9.17) is 33.0 Å². The Labute approximate surface area is 499 Å². The maximum Gasteiger partial charge on any atom is 0.348 e. The highest BCUT2D eigenvalue weighted by Gasteiger charge is 2.26. The number of rotatable bonds is 21. The number of nitrogens with zero attached hydrogens (tertiary/aromatic N) is 6. The van der Waals surface area contributed by atoms with Crippen molar-refractivity contribution in [2.45, 2.75) is 39.1 Å². The van der Waals surface area contributed by atoms with Crippen LogP contribution in [-0.2, 0) is 46.5 Å². The standard InChI is InChI=1S/C28H25ClFN5O7.C25H21ClFN5O5.C3H5BrO2/c1-17(36)41-16-42-27(39)24(37)15-34(14-18-7-9-19(10-8-18)22-13-20(29)11-12-23(22)30)33-26(38)25-31-28(40)35(32-25)21-5-3-2-4-6-21;26-17-10-11-20(27)19(12-17)16-8-6-15(7-9-16)13-31(14-21(33)24(35)36)30-23(34)22-28-25(37)32(29-22)18-4-2-1-3-5-18;1-3(5)6-2-4/h2-13,24,37H,14-16H2,1H3,(H,33,38)(H,31,32,40);1-12,21,33H,13-14H2,(H,30,34)(H,35,36)(H,28,29,37);2H2,1H3/t24-;21-;/m11./s1. The van der Waals surface area contributed by atoms with Gasteiger partial charge in [0.1, 0.15) is 17.2 Å². The van der Waals surface area contributed by atoms with Gasteiger partial charge in [-0.15, -0.1) is 10.2 Å². The van der Waals surface area contributed by atoms with Crippen LogP contribution in [0.5, 0.6) is 0 Å². The molecular formula is C56H51BrCl2F2N10O14. The van der Waals surface area contributed by atoms with Crippen molar-refractivity contribution in [3.8, 4) is 33.6 Å². The molecule has 2 heterocycles. The number of carbonyl (C=O) groups is 6. The number of benzene rings is 6. The number of para-hydroxylation sites is 2. The van der Waals surface area contributed by atoms with Gasteiger partial charge in [0.2, 0.25) is 18.4 Å². The molecular weight excluding hydrogens is 1230 g/mol. The Morgan fingerprint density at radius 1 is 0.600 bits per heavy atom. The van der Waals surface area contributed by atoms with Gasteiger partial charge in [0, 0.05) is 48.1 Å². The molecule has 2 amide bonds. The van der Waals surface area contributed by atoms with Gasteiger partial charge in [-0.3, -0.25) is 40.0 Å². The minimum Gasteiger partial charge on any atom is -0.479 e. The predicted molar refractivity (Wildman–Crippen MR) is 306 cm³/mol. The fourth-order valence-corrected chi connectivity index (χ4v) is 8.07. The summed E-state index contributed by atoms with van der Waals surface area (Å²) in [4.78, 5) is 99.4. The molecule has 0 saturated carbocycles. The van der Waals surface area contributed by atoms with Crippen molar-refractivity contribution >= 4 is 74.8 Å². The average molecular weight is 1280 g/mol. The molecule has 24 nitrogen and oxygen atoms in total. The van der Waals surface area contributed by atoms with Gasteiger partial charge in [-0.25, -0.2) is 38.0 Å². The van der Waals surface area contributed by atoms with E-state index in [1.807, 2.05) is 0 Å². The number of esters is 3. The minimum atomic E-state index is -1.80. The third-order valence-electron chi connectivity index (χ3n) is 11.4. The molecule has 0 radical (unpaired) electrons. The maximum atomic E-state index is 14.3. The molecule has 7 N–H and O–H groups in total. The van der Waals surface area contributed by atoms with Crippen molar-refractivity contribution in [3.63, 3.8) is 0 Å². The van der Waals surface area contributed by atoms with Gasteiger partial charge in [0.25, 0.3) is 0 Å². The van der Waals surface area contributed by atoms with E-state index in [-0.39, 0.29) is 30.7 Å². The molecule has 0 saturated heterocycles. The zero-order valence-electron chi connectivity index (χ0n) is 44.7. The van der Waals surface area contributed by atoms with Gasteiger partial charge in [0.15, 0.2) is 12.2 Å². The summed E-state index contributed by atoms with van der Waals surface area (Å²) in [5.41, 5.74) is 7.79. The molecule has 0 bridgehead atoms. The van der Waals surface area contributed by atoms with E-state index in [0.29, 0.717) is 60.3 Å². The van der Waals surface area contributed by atoms with Crippen LogP contribution in [0.25, 0.3) is 33.6 Å². The van der Waals surface area contributed by atoms with Gasteiger partial charge in [-0.05, 0) is 98.8 Å². The molecule has 2 aromatic heterocycles. The number of H-pyrrole nitrogens is 2. The molecule has 2 atom stereocenters. The zero-order valence-corrected chi connectivity index (χ0v) is 47.8. The minimum absolute atomic E-state index is 0.0159. The number of alkyl halides is 1. The van der Waals surface area contributed by atoms with Crippen molar-refractivity contribution in [1.82, 2.24) is 50.4 Å². The zero-order chi connectivity index (χ0) is 61.7. The third-order valence-corrected chi connectivity index (χ3v) is 12.1. The monoisotopic (exact) mass is 1270 g/mol. The second kappa shape index (κ2) is 31.4. The summed E-state index contributed by atoms with van der Waals surface area (Å²) in [6.45, 7) is 0.809. The van der Waals surface area contributed by atoms with Crippen molar-refractivity contribution in [2.75, 3.05) is 25.4 Å². The molecule has 29 heteroatoms. The Balaban J connectivity index is 0.000000250. The van der Waals surface area contributed by atoms with Crippen LogP contribution < -0.4 is 22.2 Å². The molecule has 0 spiro atoms. The third kappa shape index (κ3) is 19.7. The second-order valence-corrected chi connectivity index (χ2v) is 19.0. The Hall–Kier alpha value is -9.22. The predicted octanol–water partition coefficient (Wildman–Crippen LogP) is 6.11. The molecule has 0 aliphatic rings. The number of aliphatic hydroxyl groups is 2. The van der Waals surface area contributed by atoms with Gasteiger partial charge in [-0.2, -0.15) is 9.36 Å². The van der Waals surface area contributed by atoms with E-state index < -0.39 is 84.8 Å². The lowest BCUT2D eigenvalue weighted by Gasteiger charge is -2.24. The highest BCUT2D eigenvalue weighted by molar-refractivity contribution is 9.09. The van der Waals surface area contributed by atoms with E-state index in [0.717, 1.165) is 16.3 Å². The number of amides is 2. The summed E-state index contributed by atoms with van der Waals surface area (Å²) < 4.78 is 44.1. The van der Waals surface area contributed by atoms with Crippen LogP contribution in [0.4, 0.5) is 8.78 Å². The highest BCUT2D eigenvalue weighted by atomic mass is 79.9. The van der Waals surface area contributed by atoms with Gasteiger partial charge in [-0.1, -0.05) is 108 Å². The van der Waals surface area contributed by atoms with E-state index in [1.54, 1.807) is 109 Å². The van der Waals surface area contributed by atoms with Crippen LogP contribution in [0.2, 0.25) is 10.0 Å². The van der Waals surface area contributed by atoms with Crippen molar-refractivity contribution < 1.29 is 67.1 Å². The molecule has 8 rings (SSSR count). The van der Waals surface area contributed by atoms with Gasteiger partial charge >= 0.3 is 47.1 Å².